The van der Waals surface area contributed by atoms with Crippen LogP contribution in [0.2, 0.25) is 0 Å². The molecule has 8 heteroatoms. The molecule has 150 valence electrons. The van der Waals surface area contributed by atoms with E-state index in [0.29, 0.717) is 43.4 Å². The quantitative estimate of drug-likeness (QED) is 0.778. The molecular weight excluding hydrogens is 362 g/mol. The predicted octanol–water partition coefficient (Wildman–Crippen LogP) is 2.78. The molecule has 1 aliphatic rings. The van der Waals surface area contributed by atoms with E-state index in [1.165, 1.54) is 4.90 Å². The largest absolute Gasteiger partial charge is 0.497 e. The molecule has 2 unspecified atom stereocenters. The summed E-state index contributed by atoms with van der Waals surface area (Å²) in [5.74, 6) is 0.952. The molecule has 0 spiro atoms. The lowest BCUT2D eigenvalue weighted by molar-refractivity contribution is -0.153. The average molecular weight is 387 g/mol. The molecule has 28 heavy (non-hydrogen) atoms. The van der Waals surface area contributed by atoms with Crippen molar-refractivity contribution in [3.8, 4) is 17.1 Å². The first-order valence-electron chi connectivity index (χ1n) is 9.47. The first-order chi connectivity index (χ1) is 13.5. The van der Waals surface area contributed by atoms with Crippen LogP contribution in [0.3, 0.4) is 0 Å². The number of piperidine rings is 1. The summed E-state index contributed by atoms with van der Waals surface area (Å²) in [6.45, 7) is 2.52. The van der Waals surface area contributed by atoms with Crippen LogP contribution in [0.1, 0.15) is 38.5 Å². The minimum absolute atomic E-state index is 0.130. The first-order valence-corrected chi connectivity index (χ1v) is 9.47. The van der Waals surface area contributed by atoms with Crippen LogP contribution in [0.4, 0.5) is 0 Å². The Morgan fingerprint density at radius 3 is 2.75 bits per heavy atom. The zero-order chi connectivity index (χ0) is 20.1. The van der Waals surface area contributed by atoms with Gasteiger partial charge < -0.3 is 19.3 Å². The fraction of sp³-hybridized carbons (Fsp3) is 0.500. The van der Waals surface area contributed by atoms with Crippen molar-refractivity contribution in [3.63, 3.8) is 0 Å². The lowest BCUT2D eigenvalue weighted by atomic mass is 9.92. The number of carboxylic acid groups (broad SMARTS) is 1. The van der Waals surface area contributed by atoms with E-state index in [1.54, 1.807) is 7.11 Å². The normalized spacial score (nSPS) is 19.4. The number of aromatic nitrogens is 2. The summed E-state index contributed by atoms with van der Waals surface area (Å²) in [5, 5.41) is 13.4. The molecule has 1 fully saturated rings. The number of amides is 1. The van der Waals surface area contributed by atoms with Gasteiger partial charge in [-0.3, -0.25) is 4.79 Å². The summed E-state index contributed by atoms with van der Waals surface area (Å²) in [6.07, 6.45) is 2.61. The third-order valence-electron chi connectivity index (χ3n) is 5.07. The molecule has 0 radical (unpaired) electrons. The summed E-state index contributed by atoms with van der Waals surface area (Å²) < 4.78 is 10.4. The van der Waals surface area contributed by atoms with Crippen LogP contribution >= 0.6 is 0 Å². The van der Waals surface area contributed by atoms with Gasteiger partial charge in [0.1, 0.15) is 11.8 Å². The molecule has 1 aromatic carbocycles. The highest BCUT2D eigenvalue weighted by Gasteiger charge is 2.34. The Morgan fingerprint density at radius 2 is 2.07 bits per heavy atom. The van der Waals surface area contributed by atoms with Crippen molar-refractivity contribution in [1.82, 2.24) is 15.0 Å². The molecule has 0 aliphatic carbocycles. The Morgan fingerprint density at radius 1 is 1.32 bits per heavy atom. The minimum atomic E-state index is -0.930. The van der Waals surface area contributed by atoms with Crippen LogP contribution in [0.25, 0.3) is 11.4 Å². The first kappa shape index (κ1) is 19.9. The van der Waals surface area contributed by atoms with Gasteiger partial charge in [-0.25, -0.2) is 4.79 Å². The Bertz CT molecular complexity index is 818. The number of benzene rings is 1. The van der Waals surface area contributed by atoms with Crippen molar-refractivity contribution in [2.24, 2.45) is 5.92 Å². The maximum absolute atomic E-state index is 12.5. The molecule has 3 rings (SSSR count). The number of aliphatic carboxylic acids is 1. The summed E-state index contributed by atoms with van der Waals surface area (Å²) >= 11 is 0. The van der Waals surface area contributed by atoms with Gasteiger partial charge in [0.15, 0.2) is 0 Å². The zero-order valence-electron chi connectivity index (χ0n) is 16.1. The molecule has 1 saturated heterocycles. The number of carbonyl (C=O) groups excluding carboxylic acids is 1. The minimum Gasteiger partial charge on any atom is -0.497 e. The van der Waals surface area contributed by atoms with Crippen molar-refractivity contribution in [3.05, 3.63) is 30.2 Å². The van der Waals surface area contributed by atoms with Crippen molar-refractivity contribution in [1.29, 1.82) is 0 Å². The van der Waals surface area contributed by atoms with E-state index in [2.05, 4.69) is 10.1 Å². The van der Waals surface area contributed by atoms with Crippen molar-refractivity contribution < 1.29 is 24.0 Å². The van der Waals surface area contributed by atoms with Crippen molar-refractivity contribution >= 4 is 11.9 Å². The second kappa shape index (κ2) is 8.86. The fourth-order valence-corrected chi connectivity index (χ4v) is 3.42. The van der Waals surface area contributed by atoms with E-state index in [0.717, 1.165) is 17.7 Å². The SMILES string of the molecule is COc1ccc(-c2noc(CCCC(=O)N3CCC(C)CC3C(=O)O)n2)cc1. The fourth-order valence-electron chi connectivity index (χ4n) is 3.42. The van der Waals surface area contributed by atoms with Gasteiger partial charge in [0.25, 0.3) is 0 Å². The van der Waals surface area contributed by atoms with Crippen LogP contribution in [-0.4, -0.2) is 51.7 Å². The van der Waals surface area contributed by atoms with E-state index in [9.17, 15) is 14.7 Å². The zero-order valence-corrected chi connectivity index (χ0v) is 16.1. The van der Waals surface area contributed by atoms with Gasteiger partial charge in [-0.1, -0.05) is 12.1 Å². The predicted molar refractivity (Wildman–Crippen MR) is 101 cm³/mol. The molecule has 2 atom stereocenters. The second-order valence-electron chi connectivity index (χ2n) is 7.16. The maximum atomic E-state index is 12.5. The number of likely N-dealkylation sites (tertiary alicyclic amines) is 1. The van der Waals surface area contributed by atoms with Crippen molar-refractivity contribution in [2.75, 3.05) is 13.7 Å². The smallest absolute Gasteiger partial charge is 0.326 e. The monoisotopic (exact) mass is 387 g/mol. The average Bonchev–Trinajstić information content (AvgIpc) is 3.16. The van der Waals surface area contributed by atoms with Crippen LogP contribution in [0.15, 0.2) is 28.8 Å². The second-order valence-corrected chi connectivity index (χ2v) is 7.16. The van der Waals surface area contributed by atoms with Gasteiger partial charge >= 0.3 is 5.97 Å². The number of methoxy groups -OCH3 is 1. The number of hydrogen-bond acceptors (Lipinski definition) is 6. The molecule has 1 aliphatic heterocycles. The molecule has 1 aromatic heterocycles. The third kappa shape index (κ3) is 4.68. The topological polar surface area (TPSA) is 106 Å². The van der Waals surface area contributed by atoms with Crippen molar-refractivity contribution in [2.45, 2.75) is 45.1 Å². The molecule has 1 amide bonds. The van der Waals surface area contributed by atoms with Crippen LogP contribution in [0, 0.1) is 5.92 Å². The van der Waals surface area contributed by atoms with Gasteiger partial charge in [-0.15, -0.1) is 0 Å². The summed E-state index contributed by atoms with van der Waals surface area (Å²) in [4.78, 5) is 29.8. The highest BCUT2D eigenvalue weighted by molar-refractivity contribution is 5.83. The van der Waals surface area contributed by atoms with Crippen LogP contribution in [0.5, 0.6) is 5.75 Å². The summed E-state index contributed by atoms with van der Waals surface area (Å²) in [5.41, 5.74) is 0.818. The van der Waals surface area contributed by atoms with Crippen LogP contribution in [-0.2, 0) is 16.0 Å². The molecule has 8 nitrogen and oxygen atoms in total. The Labute approximate surface area is 163 Å². The number of carboxylic acids is 1. The molecule has 0 saturated carbocycles. The molecule has 2 aromatic rings. The van der Waals surface area contributed by atoms with E-state index in [-0.39, 0.29) is 12.3 Å². The van der Waals surface area contributed by atoms with Gasteiger partial charge in [0.2, 0.25) is 17.6 Å². The van der Waals surface area contributed by atoms with E-state index < -0.39 is 12.0 Å². The number of carbonyl (C=O) groups is 2. The number of rotatable bonds is 7. The van der Waals surface area contributed by atoms with Gasteiger partial charge in [0, 0.05) is 24.9 Å². The number of aryl methyl sites for hydroxylation is 1. The van der Waals surface area contributed by atoms with E-state index >= 15 is 0 Å². The Hall–Kier alpha value is -2.90. The van der Waals surface area contributed by atoms with E-state index in [4.69, 9.17) is 9.26 Å². The molecule has 1 N–H and O–H groups in total. The maximum Gasteiger partial charge on any atom is 0.326 e. The lowest BCUT2D eigenvalue weighted by Crippen LogP contribution is -2.49. The highest BCUT2D eigenvalue weighted by Crippen LogP contribution is 2.24. The molecule has 0 bridgehead atoms. The number of nitrogens with zero attached hydrogens (tertiary/aromatic N) is 3. The van der Waals surface area contributed by atoms with Gasteiger partial charge in [-0.2, -0.15) is 4.98 Å². The van der Waals surface area contributed by atoms with Gasteiger partial charge in [0.05, 0.1) is 7.11 Å². The lowest BCUT2D eigenvalue weighted by Gasteiger charge is -2.36. The number of hydrogen-bond donors (Lipinski definition) is 1. The van der Waals surface area contributed by atoms with E-state index in [1.807, 2.05) is 31.2 Å². The Kier molecular flexibility index (Phi) is 6.28. The summed E-state index contributed by atoms with van der Waals surface area (Å²) in [6, 6.07) is 6.62. The van der Waals surface area contributed by atoms with Crippen LogP contribution < -0.4 is 4.74 Å². The third-order valence-corrected chi connectivity index (χ3v) is 5.07. The number of ether oxygens (including phenoxy) is 1. The summed E-state index contributed by atoms with van der Waals surface area (Å²) in [7, 11) is 1.60. The Balaban J connectivity index is 1.52. The molecular formula is C20H25N3O5. The highest BCUT2D eigenvalue weighted by atomic mass is 16.5. The standard InChI is InChI=1S/C20H25N3O5/c1-13-10-11-23(16(12-13)20(25)26)18(24)5-3-4-17-21-19(22-28-17)14-6-8-15(27-2)9-7-14/h6-9,13,16H,3-5,10-12H2,1-2H3,(H,25,26). The van der Waals surface area contributed by atoms with Gasteiger partial charge in [-0.05, 0) is 49.4 Å². The molecule has 2 heterocycles.